The summed E-state index contributed by atoms with van der Waals surface area (Å²) in [4.78, 5) is 17.2. The van der Waals surface area contributed by atoms with Crippen molar-refractivity contribution in [2.75, 3.05) is 0 Å². The van der Waals surface area contributed by atoms with Gasteiger partial charge in [-0.05, 0) is 25.5 Å². The van der Waals surface area contributed by atoms with Crippen LogP contribution >= 0.6 is 11.3 Å². The second-order valence-corrected chi connectivity index (χ2v) is 6.07. The summed E-state index contributed by atoms with van der Waals surface area (Å²) in [6, 6.07) is 2.72. The van der Waals surface area contributed by atoms with Crippen molar-refractivity contribution >= 4 is 22.2 Å². The van der Waals surface area contributed by atoms with Gasteiger partial charge in [0, 0.05) is 11.6 Å². The lowest BCUT2D eigenvalue weighted by Crippen LogP contribution is -2.24. The zero-order chi connectivity index (χ0) is 16.6. The highest BCUT2D eigenvalue weighted by Gasteiger charge is 2.15. The van der Waals surface area contributed by atoms with Crippen molar-refractivity contribution in [2.24, 2.45) is 0 Å². The number of rotatable bonds is 4. The van der Waals surface area contributed by atoms with E-state index in [2.05, 4.69) is 15.4 Å². The van der Waals surface area contributed by atoms with Crippen molar-refractivity contribution in [1.29, 1.82) is 0 Å². The van der Waals surface area contributed by atoms with Crippen LogP contribution in [0.25, 0.3) is 4.96 Å². The molecule has 1 amide bonds. The Morgan fingerprint density at radius 3 is 2.65 bits per heavy atom. The molecule has 1 N–H and O–H groups in total. The van der Waals surface area contributed by atoms with Crippen LogP contribution in [-0.2, 0) is 13.0 Å². The molecule has 0 saturated carbocycles. The zero-order valence-corrected chi connectivity index (χ0v) is 13.4. The van der Waals surface area contributed by atoms with Gasteiger partial charge < -0.3 is 5.32 Å². The lowest BCUT2D eigenvalue weighted by Gasteiger charge is -2.05. The average molecular weight is 336 g/mol. The highest BCUT2D eigenvalue weighted by Crippen LogP contribution is 2.19. The third-order valence-electron chi connectivity index (χ3n) is 3.38. The molecule has 0 bridgehead atoms. The standard InChI is InChI=1S/C15H14F2N4OS/c1-3-13-20-21-12(8(2)19-15(21)23-13)7-18-14(22)9-4-10(16)6-11(17)5-9/h4-6H,3,7H2,1-2H3,(H,18,22). The van der Waals surface area contributed by atoms with E-state index in [1.54, 1.807) is 4.52 Å². The Morgan fingerprint density at radius 2 is 2.00 bits per heavy atom. The second kappa shape index (κ2) is 6.04. The fourth-order valence-electron chi connectivity index (χ4n) is 2.23. The summed E-state index contributed by atoms with van der Waals surface area (Å²) in [6.07, 6.45) is 0.807. The molecule has 8 heteroatoms. The Hall–Kier alpha value is -2.35. The number of carbonyl (C=O) groups excluding carboxylic acids is 1. The fourth-order valence-corrected chi connectivity index (χ4v) is 3.12. The molecule has 0 radical (unpaired) electrons. The topological polar surface area (TPSA) is 59.3 Å². The number of aryl methyl sites for hydroxylation is 2. The Balaban J connectivity index is 1.81. The molecule has 2 heterocycles. The maximum absolute atomic E-state index is 13.2. The van der Waals surface area contributed by atoms with Crippen molar-refractivity contribution in [1.82, 2.24) is 19.9 Å². The minimum atomic E-state index is -0.787. The van der Waals surface area contributed by atoms with Crippen LogP contribution in [-0.4, -0.2) is 20.5 Å². The van der Waals surface area contributed by atoms with Crippen molar-refractivity contribution < 1.29 is 13.6 Å². The van der Waals surface area contributed by atoms with Crippen LogP contribution in [0.15, 0.2) is 18.2 Å². The third kappa shape index (κ3) is 3.07. The van der Waals surface area contributed by atoms with E-state index in [-0.39, 0.29) is 12.1 Å². The monoisotopic (exact) mass is 336 g/mol. The molecule has 0 fully saturated rings. The van der Waals surface area contributed by atoms with E-state index in [1.807, 2.05) is 13.8 Å². The lowest BCUT2D eigenvalue weighted by molar-refractivity contribution is 0.0949. The smallest absolute Gasteiger partial charge is 0.251 e. The lowest BCUT2D eigenvalue weighted by atomic mass is 10.2. The second-order valence-electron chi connectivity index (χ2n) is 5.03. The SMILES string of the molecule is CCc1nn2c(CNC(=O)c3cc(F)cc(F)c3)c(C)nc2s1. The Bertz CT molecular complexity index is 867. The summed E-state index contributed by atoms with van der Waals surface area (Å²) in [5.41, 5.74) is 1.45. The highest BCUT2D eigenvalue weighted by molar-refractivity contribution is 7.16. The van der Waals surface area contributed by atoms with Gasteiger partial charge in [-0.2, -0.15) is 5.10 Å². The van der Waals surface area contributed by atoms with Gasteiger partial charge in [-0.1, -0.05) is 18.3 Å². The first-order chi connectivity index (χ1) is 11.0. The summed E-state index contributed by atoms with van der Waals surface area (Å²) in [6.45, 7) is 4.01. The summed E-state index contributed by atoms with van der Waals surface area (Å²) < 4.78 is 28.0. The average Bonchev–Trinajstić information content (AvgIpc) is 3.00. The molecule has 3 rings (SSSR count). The molecule has 23 heavy (non-hydrogen) atoms. The molecule has 0 aliphatic heterocycles. The maximum Gasteiger partial charge on any atom is 0.251 e. The van der Waals surface area contributed by atoms with E-state index in [0.29, 0.717) is 0 Å². The van der Waals surface area contributed by atoms with Crippen molar-refractivity contribution in [3.63, 3.8) is 0 Å². The maximum atomic E-state index is 13.2. The Labute approximate surface area is 135 Å². The molecule has 0 unspecified atom stereocenters. The van der Waals surface area contributed by atoms with Crippen LogP contribution in [0.5, 0.6) is 0 Å². The van der Waals surface area contributed by atoms with Crippen LogP contribution in [0.2, 0.25) is 0 Å². The number of nitrogens with zero attached hydrogens (tertiary/aromatic N) is 3. The number of amides is 1. The summed E-state index contributed by atoms with van der Waals surface area (Å²) in [5.74, 6) is -2.13. The van der Waals surface area contributed by atoms with Gasteiger partial charge in [0.1, 0.15) is 16.6 Å². The van der Waals surface area contributed by atoms with Crippen LogP contribution in [0, 0.1) is 18.6 Å². The van der Waals surface area contributed by atoms with Crippen molar-refractivity contribution in [3.05, 3.63) is 51.8 Å². The van der Waals surface area contributed by atoms with Gasteiger partial charge in [-0.25, -0.2) is 18.3 Å². The first kappa shape index (κ1) is 15.5. The van der Waals surface area contributed by atoms with E-state index >= 15 is 0 Å². The van der Waals surface area contributed by atoms with Crippen molar-refractivity contribution in [3.8, 4) is 0 Å². The molecule has 3 aromatic rings. The Morgan fingerprint density at radius 1 is 1.30 bits per heavy atom. The number of halogens is 2. The van der Waals surface area contributed by atoms with E-state index in [0.717, 1.165) is 46.0 Å². The van der Waals surface area contributed by atoms with Crippen LogP contribution in [0.3, 0.4) is 0 Å². The number of carbonyl (C=O) groups is 1. The summed E-state index contributed by atoms with van der Waals surface area (Å²) in [7, 11) is 0. The molecule has 0 aliphatic carbocycles. The predicted octanol–water partition coefficient (Wildman–Crippen LogP) is 2.87. The molecule has 2 aromatic heterocycles. The quantitative estimate of drug-likeness (QED) is 0.797. The largest absolute Gasteiger partial charge is 0.346 e. The minimum absolute atomic E-state index is 0.0616. The van der Waals surface area contributed by atoms with Gasteiger partial charge in [0.15, 0.2) is 0 Å². The molecule has 0 aliphatic rings. The summed E-state index contributed by atoms with van der Waals surface area (Å²) >= 11 is 1.50. The van der Waals surface area contributed by atoms with Gasteiger partial charge in [0.05, 0.1) is 17.9 Å². The van der Waals surface area contributed by atoms with E-state index < -0.39 is 17.5 Å². The molecular formula is C15H14F2N4OS. The van der Waals surface area contributed by atoms with E-state index in [1.165, 1.54) is 11.3 Å². The normalized spacial score (nSPS) is 11.1. The molecule has 0 atom stereocenters. The molecular weight excluding hydrogens is 322 g/mol. The highest BCUT2D eigenvalue weighted by atomic mass is 32.1. The first-order valence-corrected chi connectivity index (χ1v) is 7.87. The van der Waals surface area contributed by atoms with Crippen LogP contribution in [0.1, 0.15) is 33.7 Å². The van der Waals surface area contributed by atoms with Crippen molar-refractivity contribution in [2.45, 2.75) is 26.8 Å². The number of nitrogens with one attached hydrogen (secondary N) is 1. The third-order valence-corrected chi connectivity index (χ3v) is 4.43. The number of fused-ring (bicyclic) bond motifs is 1. The van der Waals surface area contributed by atoms with Crippen LogP contribution < -0.4 is 5.32 Å². The summed E-state index contributed by atoms with van der Waals surface area (Å²) in [5, 5.41) is 8.03. The van der Waals surface area contributed by atoms with Crippen LogP contribution in [0.4, 0.5) is 8.78 Å². The van der Waals surface area contributed by atoms with Gasteiger partial charge in [-0.3, -0.25) is 4.79 Å². The van der Waals surface area contributed by atoms with E-state index in [9.17, 15) is 13.6 Å². The number of benzene rings is 1. The number of aromatic nitrogens is 3. The molecule has 0 spiro atoms. The minimum Gasteiger partial charge on any atom is -0.346 e. The number of hydrogen-bond donors (Lipinski definition) is 1. The number of hydrogen-bond acceptors (Lipinski definition) is 4. The molecule has 5 nitrogen and oxygen atoms in total. The number of imidazole rings is 1. The van der Waals surface area contributed by atoms with Gasteiger partial charge in [0.2, 0.25) is 4.96 Å². The van der Waals surface area contributed by atoms with Gasteiger partial charge in [-0.15, -0.1) is 0 Å². The molecule has 0 saturated heterocycles. The van der Waals surface area contributed by atoms with E-state index in [4.69, 9.17) is 0 Å². The predicted molar refractivity (Wildman–Crippen MR) is 82.5 cm³/mol. The van der Waals surface area contributed by atoms with Gasteiger partial charge >= 0.3 is 0 Å². The molecule has 1 aromatic carbocycles. The zero-order valence-electron chi connectivity index (χ0n) is 12.6. The molecule has 120 valence electrons. The first-order valence-electron chi connectivity index (χ1n) is 7.06. The van der Waals surface area contributed by atoms with Gasteiger partial charge in [0.25, 0.3) is 5.91 Å². The fraction of sp³-hybridized carbons (Fsp3) is 0.267. The Kier molecular flexibility index (Phi) is 4.08.